The summed E-state index contributed by atoms with van der Waals surface area (Å²) in [6.07, 6.45) is 3.25. The Labute approximate surface area is 86.3 Å². The average Bonchev–Trinajstić information content (AvgIpc) is 2.66. The van der Waals surface area contributed by atoms with E-state index in [1.807, 2.05) is 6.92 Å². The van der Waals surface area contributed by atoms with Crippen LogP contribution in [0.2, 0.25) is 0 Å². The van der Waals surface area contributed by atoms with Gasteiger partial charge in [0.05, 0.1) is 7.11 Å². The summed E-state index contributed by atoms with van der Waals surface area (Å²) >= 11 is 0. The maximum atomic E-state index is 11.2. The maximum Gasteiger partial charge on any atom is 0.333 e. The summed E-state index contributed by atoms with van der Waals surface area (Å²) in [5.41, 5.74) is 1.10. The van der Waals surface area contributed by atoms with E-state index in [0.29, 0.717) is 11.3 Å². The second-order valence-electron chi connectivity index (χ2n) is 4.70. The third kappa shape index (κ3) is 1.84. The van der Waals surface area contributed by atoms with Gasteiger partial charge in [0, 0.05) is 5.57 Å². The lowest BCUT2D eigenvalue weighted by Gasteiger charge is -2.00. The molecule has 2 unspecified atom stereocenters. The molecule has 0 amide bonds. The van der Waals surface area contributed by atoms with E-state index in [1.54, 1.807) is 0 Å². The molecule has 14 heavy (non-hydrogen) atoms. The van der Waals surface area contributed by atoms with Crippen LogP contribution in [-0.2, 0) is 9.53 Å². The highest BCUT2D eigenvalue weighted by molar-refractivity contribution is 5.87. The van der Waals surface area contributed by atoms with Crippen molar-refractivity contribution < 1.29 is 9.53 Å². The van der Waals surface area contributed by atoms with E-state index in [4.69, 9.17) is 0 Å². The third-order valence-electron chi connectivity index (χ3n) is 3.52. The molecule has 0 bridgehead atoms. The molecule has 2 nitrogen and oxygen atoms in total. The van der Waals surface area contributed by atoms with Crippen molar-refractivity contribution in [2.75, 3.05) is 7.11 Å². The van der Waals surface area contributed by atoms with Gasteiger partial charge in [0.15, 0.2) is 0 Å². The molecule has 2 atom stereocenters. The van der Waals surface area contributed by atoms with Gasteiger partial charge in [-0.3, -0.25) is 0 Å². The van der Waals surface area contributed by atoms with Crippen LogP contribution < -0.4 is 0 Å². The van der Waals surface area contributed by atoms with E-state index in [1.165, 1.54) is 13.5 Å². The van der Waals surface area contributed by atoms with Crippen molar-refractivity contribution in [3.63, 3.8) is 0 Å². The lowest BCUT2D eigenvalue weighted by atomic mass is 10.1. The van der Waals surface area contributed by atoms with E-state index in [2.05, 4.69) is 31.6 Å². The Hall–Kier alpha value is -0.790. The zero-order chi connectivity index (χ0) is 10.9. The second-order valence-corrected chi connectivity index (χ2v) is 4.70. The molecule has 0 spiro atoms. The molecule has 0 heterocycles. The molecular formula is C12H20O2. The molecule has 0 radical (unpaired) electrons. The molecule has 0 N–H and O–H groups in total. The summed E-state index contributed by atoms with van der Waals surface area (Å²) in [7, 11) is 1.43. The van der Waals surface area contributed by atoms with Gasteiger partial charge in [-0.2, -0.15) is 0 Å². The molecular weight excluding hydrogens is 176 g/mol. The SMILES string of the molecule is CCC1C(/C=C(\C)C(=O)OC)C1(C)C. The Morgan fingerprint density at radius 3 is 2.43 bits per heavy atom. The fourth-order valence-corrected chi connectivity index (χ4v) is 2.40. The molecule has 2 heteroatoms. The van der Waals surface area contributed by atoms with Crippen LogP contribution in [0, 0.1) is 17.3 Å². The Kier molecular flexibility index (Phi) is 3.03. The van der Waals surface area contributed by atoms with Crippen molar-refractivity contribution in [3.05, 3.63) is 11.6 Å². The number of rotatable bonds is 3. The number of ether oxygens (including phenoxy) is 1. The topological polar surface area (TPSA) is 26.3 Å². The van der Waals surface area contributed by atoms with E-state index in [0.717, 1.165) is 11.5 Å². The minimum atomic E-state index is -0.206. The highest BCUT2D eigenvalue weighted by atomic mass is 16.5. The Morgan fingerprint density at radius 1 is 1.50 bits per heavy atom. The number of methoxy groups -OCH3 is 1. The van der Waals surface area contributed by atoms with Crippen LogP contribution in [0.5, 0.6) is 0 Å². The monoisotopic (exact) mass is 196 g/mol. The lowest BCUT2D eigenvalue weighted by Crippen LogP contribution is -2.02. The van der Waals surface area contributed by atoms with Gasteiger partial charge < -0.3 is 4.74 Å². The minimum absolute atomic E-state index is 0.206. The molecule has 80 valence electrons. The van der Waals surface area contributed by atoms with Crippen molar-refractivity contribution in [2.24, 2.45) is 17.3 Å². The smallest absolute Gasteiger partial charge is 0.333 e. The van der Waals surface area contributed by atoms with Gasteiger partial charge in [0.2, 0.25) is 0 Å². The first-order valence-electron chi connectivity index (χ1n) is 5.21. The number of hydrogen-bond acceptors (Lipinski definition) is 2. The normalized spacial score (nSPS) is 29.9. The summed E-state index contributed by atoms with van der Waals surface area (Å²) in [6.45, 7) is 8.54. The highest BCUT2D eigenvalue weighted by Crippen LogP contribution is 2.60. The summed E-state index contributed by atoms with van der Waals surface area (Å²) in [5.74, 6) is 1.07. The van der Waals surface area contributed by atoms with Gasteiger partial charge in [-0.05, 0) is 24.2 Å². The molecule has 1 fully saturated rings. The molecule has 1 saturated carbocycles. The fraction of sp³-hybridized carbons (Fsp3) is 0.750. The summed E-state index contributed by atoms with van der Waals surface area (Å²) in [4.78, 5) is 11.2. The standard InChI is InChI=1S/C12H20O2/c1-6-9-10(12(9,3)4)7-8(2)11(13)14-5/h7,9-10H,6H2,1-5H3/b8-7+. The minimum Gasteiger partial charge on any atom is -0.466 e. The third-order valence-corrected chi connectivity index (χ3v) is 3.52. The predicted molar refractivity (Wildman–Crippen MR) is 56.8 cm³/mol. The summed E-state index contributed by atoms with van der Waals surface area (Å²) < 4.78 is 4.67. The molecule has 1 aliphatic rings. The van der Waals surface area contributed by atoms with Crippen LogP contribution in [0.4, 0.5) is 0 Å². The van der Waals surface area contributed by atoms with Crippen molar-refractivity contribution in [1.82, 2.24) is 0 Å². The largest absolute Gasteiger partial charge is 0.466 e. The number of hydrogen-bond donors (Lipinski definition) is 0. The second kappa shape index (κ2) is 3.76. The van der Waals surface area contributed by atoms with Crippen LogP contribution in [0.3, 0.4) is 0 Å². The van der Waals surface area contributed by atoms with Crippen molar-refractivity contribution in [1.29, 1.82) is 0 Å². The molecule has 0 saturated heterocycles. The van der Waals surface area contributed by atoms with Crippen LogP contribution in [0.25, 0.3) is 0 Å². The van der Waals surface area contributed by atoms with Crippen LogP contribution in [0.1, 0.15) is 34.1 Å². The van der Waals surface area contributed by atoms with Gasteiger partial charge in [0.25, 0.3) is 0 Å². The number of esters is 1. The van der Waals surface area contributed by atoms with Crippen molar-refractivity contribution >= 4 is 5.97 Å². The zero-order valence-corrected chi connectivity index (χ0v) is 9.76. The first kappa shape index (κ1) is 11.3. The van der Waals surface area contributed by atoms with E-state index < -0.39 is 0 Å². The molecule has 1 aliphatic carbocycles. The quantitative estimate of drug-likeness (QED) is 0.512. The van der Waals surface area contributed by atoms with Gasteiger partial charge in [-0.15, -0.1) is 0 Å². The average molecular weight is 196 g/mol. The maximum absolute atomic E-state index is 11.2. The Morgan fingerprint density at radius 2 is 2.07 bits per heavy atom. The van der Waals surface area contributed by atoms with E-state index in [9.17, 15) is 4.79 Å². The number of carbonyl (C=O) groups is 1. The Bertz CT molecular complexity index is 263. The van der Waals surface area contributed by atoms with Crippen LogP contribution in [-0.4, -0.2) is 13.1 Å². The number of carbonyl (C=O) groups excluding carboxylic acids is 1. The first-order chi connectivity index (χ1) is 6.45. The van der Waals surface area contributed by atoms with Crippen molar-refractivity contribution in [3.8, 4) is 0 Å². The molecule has 0 aromatic heterocycles. The zero-order valence-electron chi connectivity index (χ0n) is 9.76. The first-order valence-corrected chi connectivity index (χ1v) is 5.21. The van der Waals surface area contributed by atoms with Gasteiger partial charge in [-0.1, -0.05) is 33.3 Å². The predicted octanol–water partition coefficient (Wildman–Crippen LogP) is 2.79. The van der Waals surface area contributed by atoms with Crippen LogP contribution in [0.15, 0.2) is 11.6 Å². The summed E-state index contributed by atoms with van der Waals surface area (Å²) in [6, 6.07) is 0. The lowest BCUT2D eigenvalue weighted by molar-refractivity contribution is -0.136. The number of allylic oxidation sites excluding steroid dienone is 1. The molecule has 1 rings (SSSR count). The van der Waals surface area contributed by atoms with Gasteiger partial charge in [0.1, 0.15) is 0 Å². The van der Waals surface area contributed by atoms with Gasteiger partial charge >= 0.3 is 5.97 Å². The van der Waals surface area contributed by atoms with Crippen LogP contribution >= 0.6 is 0 Å². The van der Waals surface area contributed by atoms with Crippen molar-refractivity contribution in [2.45, 2.75) is 34.1 Å². The van der Waals surface area contributed by atoms with Gasteiger partial charge in [-0.25, -0.2) is 4.79 Å². The van der Waals surface area contributed by atoms with E-state index >= 15 is 0 Å². The summed E-state index contributed by atoms with van der Waals surface area (Å²) in [5, 5.41) is 0. The molecule has 0 aliphatic heterocycles. The molecule has 0 aromatic carbocycles. The highest BCUT2D eigenvalue weighted by Gasteiger charge is 2.54. The molecule has 0 aromatic rings. The fourth-order valence-electron chi connectivity index (χ4n) is 2.40. The van der Waals surface area contributed by atoms with E-state index in [-0.39, 0.29) is 5.97 Å². The Balaban J connectivity index is 2.67.